The van der Waals surface area contributed by atoms with Crippen LogP contribution in [-0.2, 0) is 10.4 Å². The van der Waals surface area contributed by atoms with Crippen molar-refractivity contribution >= 4 is 23.2 Å². The van der Waals surface area contributed by atoms with E-state index < -0.39 is 35.4 Å². The number of rotatable bonds is 9. The van der Waals surface area contributed by atoms with Crippen LogP contribution in [0.1, 0.15) is 5.56 Å². The van der Waals surface area contributed by atoms with E-state index in [1.165, 1.54) is 50.6 Å². The van der Waals surface area contributed by atoms with E-state index in [0.29, 0.717) is 0 Å². The Morgan fingerprint density at radius 3 is 2.11 bits per heavy atom. The number of nitrogens with one attached hydrogen (secondary N) is 2. The number of anilines is 1. The number of para-hydroxylation sites is 1. The van der Waals surface area contributed by atoms with E-state index in [9.17, 15) is 23.1 Å². The van der Waals surface area contributed by atoms with Gasteiger partial charge in [0.2, 0.25) is 23.5 Å². The van der Waals surface area contributed by atoms with Gasteiger partial charge in [-0.1, -0.05) is 54.1 Å². The highest BCUT2D eigenvalue weighted by atomic mass is 35.5. The van der Waals surface area contributed by atoms with Gasteiger partial charge in [0, 0.05) is 0 Å². The average molecular weight is 513 g/mol. The second-order valence-electron chi connectivity index (χ2n) is 6.96. The third-order valence-corrected chi connectivity index (χ3v) is 5.09. The molecule has 3 N–H and O–H groups in total. The lowest BCUT2D eigenvalue weighted by molar-refractivity contribution is -0.290. The molecule has 0 fully saturated rings. The summed E-state index contributed by atoms with van der Waals surface area (Å²) in [6.45, 7) is 0. The van der Waals surface area contributed by atoms with E-state index in [0.717, 1.165) is 12.1 Å². The van der Waals surface area contributed by atoms with Crippen molar-refractivity contribution in [2.45, 2.75) is 17.9 Å². The fourth-order valence-corrected chi connectivity index (χ4v) is 3.18. The molecule has 1 aromatic heterocycles. The van der Waals surface area contributed by atoms with Gasteiger partial charge in [-0.05, 0) is 17.7 Å². The number of carbonyl (C=O) groups is 1. The van der Waals surface area contributed by atoms with Gasteiger partial charge in [0.1, 0.15) is 0 Å². The summed E-state index contributed by atoms with van der Waals surface area (Å²) in [5.41, 5.74) is 0.226. The number of amides is 1. The number of carbonyl (C=O) groups excluding carboxylic acids is 1. The normalized spacial score (nSPS) is 13.8. The van der Waals surface area contributed by atoms with Crippen LogP contribution in [0.4, 0.5) is 18.9 Å². The van der Waals surface area contributed by atoms with Crippen LogP contribution in [0, 0.1) is 0 Å². The SMILES string of the molecule is COc1cc(OC)nc(OC(C(=O)NNc2ccccc2Cl)C(O)(c2ccccc2)C(F)(F)F)n1. The van der Waals surface area contributed by atoms with Crippen LogP contribution in [0.3, 0.4) is 0 Å². The van der Waals surface area contributed by atoms with Crippen LogP contribution in [0.25, 0.3) is 0 Å². The maximum absolute atomic E-state index is 14.4. The van der Waals surface area contributed by atoms with Gasteiger partial charge in [-0.3, -0.25) is 15.6 Å². The zero-order chi connectivity index (χ0) is 25.6. The molecule has 1 heterocycles. The number of benzene rings is 2. The first-order valence-electron chi connectivity index (χ1n) is 9.89. The highest BCUT2D eigenvalue weighted by Gasteiger charge is 2.64. The van der Waals surface area contributed by atoms with Gasteiger partial charge >= 0.3 is 12.2 Å². The molecule has 0 spiro atoms. The Morgan fingerprint density at radius 2 is 1.57 bits per heavy atom. The molecule has 0 aliphatic carbocycles. The number of aliphatic hydroxyl groups is 1. The number of methoxy groups -OCH3 is 2. The topological polar surface area (TPSA) is 115 Å². The molecule has 186 valence electrons. The first-order valence-corrected chi connectivity index (χ1v) is 10.3. The second-order valence-corrected chi connectivity index (χ2v) is 7.36. The minimum atomic E-state index is -5.37. The van der Waals surface area contributed by atoms with Crippen LogP contribution in [0.2, 0.25) is 5.02 Å². The second kappa shape index (κ2) is 10.7. The molecule has 35 heavy (non-hydrogen) atoms. The maximum Gasteiger partial charge on any atom is 0.425 e. The van der Waals surface area contributed by atoms with Crippen molar-refractivity contribution < 1.29 is 37.3 Å². The van der Waals surface area contributed by atoms with Gasteiger partial charge in [-0.25, -0.2) is 0 Å². The monoisotopic (exact) mass is 512 g/mol. The van der Waals surface area contributed by atoms with Crippen molar-refractivity contribution in [1.82, 2.24) is 15.4 Å². The van der Waals surface area contributed by atoms with Gasteiger partial charge in [0.05, 0.1) is 31.0 Å². The number of nitrogens with zero attached hydrogens (tertiary/aromatic N) is 2. The van der Waals surface area contributed by atoms with Crippen molar-refractivity contribution in [2.75, 3.05) is 19.6 Å². The molecule has 0 radical (unpaired) electrons. The minimum absolute atomic E-state index is 0.115. The molecule has 0 saturated carbocycles. The van der Waals surface area contributed by atoms with Crippen molar-refractivity contribution in [2.24, 2.45) is 0 Å². The Bertz CT molecular complexity index is 1150. The predicted molar refractivity (Wildman–Crippen MR) is 119 cm³/mol. The van der Waals surface area contributed by atoms with E-state index in [-0.39, 0.29) is 22.5 Å². The van der Waals surface area contributed by atoms with Gasteiger partial charge < -0.3 is 19.3 Å². The minimum Gasteiger partial charge on any atom is -0.481 e. The lowest BCUT2D eigenvalue weighted by Crippen LogP contribution is -2.60. The third kappa shape index (κ3) is 5.66. The Labute approximate surface area is 202 Å². The molecule has 3 aromatic rings. The number of hydrogen-bond acceptors (Lipinski definition) is 8. The highest BCUT2D eigenvalue weighted by Crippen LogP contribution is 2.43. The van der Waals surface area contributed by atoms with Gasteiger partial charge in [-0.15, -0.1) is 0 Å². The van der Waals surface area contributed by atoms with Crippen molar-refractivity contribution in [3.63, 3.8) is 0 Å². The molecular weight excluding hydrogens is 493 g/mol. The molecule has 9 nitrogen and oxygen atoms in total. The standard InChI is InChI=1S/C22H20ClF3N4O5/c1-33-16-12-17(34-2)28-20(27-16)35-18(19(31)30-29-15-11-7-6-10-14(15)23)21(32,22(24,25)26)13-8-4-3-5-9-13/h3-12,18,29,32H,1-2H3,(H,30,31). The molecule has 2 unspecified atom stereocenters. The number of ether oxygens (including phenoxy) is 3. The Kier molecular flexibility index (Phi) is 7.87. The van der Waals surface area contributed by atoms with Crippen molar-refractivity contribution in [3.8, 4) is 17.8 Å². The molecule has 0 saturated heterocycles. The van der Waals surface area contributed by atoms with Crippen LogP contribution >= 0.6 is 11.6 Å². The lowest BCUT2D eigenvalue weighted by atomic mass is 9.86. The van der Waals surface area contributed by atoms with Crippen LogP contribution in [0.5, 0.6) is 17.8 Å². The summed E-state index contributed by atoms with van der Waals surface area (Å²) in [6, 6.07) is 12.7. The summed E-state index contributed by atoms with van der Waals surface area (Å²) in [5.74, 6) is -1.63. The molecular formula is C22H20ClF3N4O5. The highest BCUT2D eigenvalue weighted by molar-refractivity contribution is 6.33. The summed E-state index contributed by atoms with van der Waals surface area (Å²) in [6.07, 6.45) is -8.00. The molecule has 0 aliphatic rings. The molecule has 3 rings (SSSR count). The average Bonchev–Trinajstić information content (AvgIpc) is 2.85. The largest absolute Gasteiger partial charge is 0.481 e. The summed E-state index contributed by atoms with van der Waals surface area (Å²) < 4.78 is 58.4. The molecule has 2 atom stereocenters. The summed E-state index contributed by atoms with van der Waals surface area (Å²) >= 11 is 6.02. The van der Waals surface area contributed by atoms with Crippen LogP contribution in [0.15, 0.2) is 60.7 Å². The van der Waals surface area contributed by atoms with Gasteiger partial charge in [0.25, 0.3) is 5.91 Å². The van der Waals surface area contributed by atoms with E-state index in [2.05, 4.69) is 20.8 Å². The first-order chi connectivity index (χ1) is 16.6. The van der Waals surface area contributed by atoms with Gasteiger partial charge in [0.15, 0.2) is 0 Å². The number of halogens is 4. The number of aromatic nitrogens is 2. The zero-order valence-electron chi connectivity index (χ0n) is 18.3. The summed E-state index contributed by atoms with van der Waals surface area (Å²) in [5, 5.41) is 11.2. The fourth-order valence-electron chi connectivity index (χ4n) is 2.99. The third-order valence-electron chi connectivity index (χ3n) is 4.76. The Balaban J connectivity index is 2.07. The number of hydrazine groups is 1. The van der Waals surface area contributed by atoms with Crippen LogP contribution in [-0.4, -0.2) is 47.5 Å². The summed E-state index contributed by atoms with van der Waals surface area (Å²) in [7, 11) is 2.50. The van der Waals surface area contributed by atoms with Crippen molar-refractivity contribution in [1.29, 1.82) is 0 Å². The zero-order valence-corrected chi connectivity index (χ0v) is 19.1. The fraction of sp³-hybridized carbons (Fsp3) is 0.227. The molecule has 0 aliphatic heterocycles. The van der Waals surface area contributed by atoms with E-state index in [1.54, 1.807) is 12.1 Å². The van der Waals surface area contributed by atoms with E-state index >= 15 is 0 Å². The molecule has 13 heteroatoms. The van der Waals surface area contributed by atoms with Crippen LogP contribution < -0.4 is 25.1 Å². The number of hydrogen-bond donors (Lipinski definition) is 3. The Hall–Kier alpha value is -3.77. The molecule has 1 amide bonds. The summed E-state index contributed by atoms with van der Waals surface area (Å²) in [4.78, 5) is 20.7. The predicted octanol–water partition coefficient (Wildman–Crippen LogP) is 3.49. The maximum atomic E-state index is 14.4. The van der Waals surface area contributed by atoms with E-state index in [1.807, 2.05) is 0 Å². The number of alkyl halides is 3. The smallest absolute Gasteiger partial charge is 0.425 e. The quantitative estimate of drug-likeness (QED) is 0.373. The Morgan fingerprint density at radius 1 is 1.00 bits per heavy atom. The molecule has 0 bridgehead atoms. The lowest BCUT2D eigenvalue weighted by Gasteiger charge is -2.36. The van der Waals surface area contributed by atoms with E-state index in [4.69, 9.17) is 25.8 Å². The van der Waals surface area contributed by atoms with Crippen molar-refractivity contribution in [3.05, 3.63) is 71.2 Å². The molecule has 2 aromatic carbocycles. The van der Waals surface area contributed by atoms with Gasteiger partial charge in [-0.2, -0.15) is 23.1 Å². The first kappa shape index (κ1) is 25.8.